The van der Waals surface area contributed by atoms with Crippen LogP contribution in [0.5, 0.6) is 0 Å². The molecule has 0 unspecified atom stereocenters. The van der Waals surface area contributed by atoms with E-state index in [0.29, 0.717) is 0 Å². The molecule has 1 amide bonds. The summed E-state index contributed by atoms with van der Waals surface area (Å²) in [5, 5.41) is 2.19. The number of amides is 1. The monoisotopic (exact) mass is 269 g/mol. The Labute approximate surface area is 104 Å². The summed E-state index contributed by atoms with van der Waals surface area (Å²) in [4.78, 5) is 22.6. The number of nitrogens with one attached hydrogen (secondary N) is 1. The molecule has 0 heterocycles. The number of rotatable bonds is 3. The number of hydrogen-bond acceptors (Lipinski definition) is 3. The highest BCUT2D eigenvalue weighted by atomic mass is 19.4. The summed E-state index contributed by atoms with van der Waals surface area (Å²) in [6.45, 7) is 6.58. The molecule has 0 aromatic carbocycles. The van der Waals surface area contributed by atoms with Crippen LogP contribution in [0.3, 0.4) is 0 Å². The molecule has 0 fully saturated rings. The van der Waals surface area contributed by atoms with Crippen LogP contribution in [-0.2, 0) is 14.3 Å². The third kappa shape index (κ3) is 3.89. The van der Waals surface area contributed by atoms with Crippen LogP contribution in [0.15, 0.2) is 0 Å². The maximum Gasteiger partial charge on any atom is 0.437 e. The highest BCUT2D eigenvalue weighted by Gasteiger charge is 2.62. The molecule has 1 N–H and O–H groups in total. The summed E-state index contributed by atoms with van der Waals surface area (Å²) in [5.41, 5.74) is -3.99. The SMILES string of the molecule is CC[C@@](OC(C)=O)(C(=O)NC(C)(C)C)C(F)(F)F. The van der Waals surface area contributed by atoms with E-state index in [-0.39, 0.29) is 0 Å². The zero-order valence-corrected chi connectivity index (χ0v) is 11.1. The van der Waals surface area contributed by atoms with Gasteiger partial charge in [-0.25, -0.2) is 0 Å². The summed E-state index contributed by atoms with van der Waals surface area (Å²) in [7, 11) is 0. The molecule has 106 valence electrons. The average Bonchev–Trinajstić information content (AvgIpc) is 2.08. The van der Waals surface area contributed by atoms with Crippen LogP contribution in [0.2, 0.25) is 0 Å². The van der Waals surface area contributed by atoms with E-state index in [1.165, 1.54) is 20.8 Å². The van der Waals surface area contributed by atoms with Crippen molar-refractivity contribution >= 4 is 11.9 Å². The molecule has 0 rings (SSSR count). The molecule has 0 aliphatic heterocycles. The standard InChI is InChI=1S/C11H18F3NO3/c1-6-10(11(12,13)14,18-7(2)16)8(17)15-9(3,4)5/h6H2,1-5H3,(H,15,17)/t10-/m1/s1. The van der Waals surface area contributed by atoms with Gasteiger partial charge in [0.25, 0.3) is 11.5 Å². The lowest BCUT2D eigenvalue weighted by Gasteiger charge is -2.35. The molecule has 0 aliphatic carbocycles. The molecule has 0 saturated heterocycles. The lowest BCUT2D eigenvalue weighted by Crippen LogP contribution is -2.62. The number of halogens is 3. The van der Waals surface area contributed by atoms with E-state index in [1.54, 1.807) is 0 Å². The van der Waals surface area contributed by atoms with Crippen molar-refractivity contribution in [1.82, 2.24) is 5.32 Å². The Kier molecular flexibility index (Phi) is 4.79. The Morgan fingerprint density at radius 3 is 1.83 bits per heavy atom. The second-order valence-corrected chi connectivity index (χ2v) is 4.98. The summed E-state index contributed by atoms with van der Waals surface area (Å²) in [5.74, 6) is -2.52. The second kappa shape index (κ2) is 5.16. The topological polar surface area (TPSA) is 55.4 Å². The van der Waals surface area contributed by atoms with Gasteiger partial charge in [-0.2, -0.15) is 13.2 Å². The molecule has 0 spiro atoms. The van der Waals surface area contributed by atoms with Crippen LogP contribution < -0.4 is 5.32 Å². The lowest BCUT2D eigenvalue weighted by molar-refractivity contribution is -0.262. The molecule has 0 aromatic heterocycles. The fraction of sp³-hybridized carbons (Fsp3) is 0.818. The zero-order chi connectivity index (χ0) is 14.8. The fourth-order valence-electron chi connectivity index (χ4n) is 1.35. The molecule has 18 heavy (non-hydrogen) atoms. The van der Waals surface area contributed by atoms with Gasteiger partial charge in [0, 0.05) is 18.9 Å². The first-order chi connectivity index (χ1) is 7.85. The van der Waals surface area contributed by atoms with Crippen LogP contribution >= 0.6 is 0 Å². The van der Waals surface area contributed by atoms with Gasteiger partial charge in [0.15, 0.2) is 0 Å². The van der Waals surface area contributed by atoms with Crippen molar-refractivity contribution in [1.29, 1.82) is 0 Å². The third-order valence-electron chi connectivity index (χ3n) is 2.13. The number of ether oxygens (including phenoxy) is 1. The van der Waals surface area contributed by atoms with E-state index in [4.69, 9.17) is 0 Å². The van der Waals surface area contributed by atoms with Crippen molar-refractivity contribution in [3.8, 4) is 0 Å². The molecule has 0 saturated carbocycles. The van der Waals surface area contributed by atoms with Crippen LogP contribution in [0.4, 0.5) is 13.2 Å². The van der Waals surface area contributed by atoms with Gasteiger partial charge in [-0.3, -0.25) is 9.59 Å². The normalized spacial score (nSPS) is 15.8. The van der Waals surface area contributed by atoms with E-state index >= 15 is 0 Å². The van der Waals surface area contributed by atoms with Crippen molar-refractivity contribution in [2.75, 3.05) is 0 Å². The first-order valence-corrected chi connectivity index (χ1v) is 5.44. The van der Waals surface area contributed by atoms with E-state index in [0.717, 1.165) is 13.8 Å². The number of hydrogen-bond donors (Lipinski definition) is 1. The highest BCUT2D eigenvalue weighted by molar-refractivity contribution is 5.89. The first-order valence-electron chi connectivity index (χ1n) is 5.44. The molecule has 0 aliphatic rings. The molecule has 0 aromatic rings. The molecule has 4 nitrogen and oxygen atoms in total. The van der Waals surface area contributed by atoms with Gasteiger partial charge in [-0.1, -0.05) is 6.92 Å². The van der Waals surface area contributed by atoms with Crippen molar-refractivity contribution in [3.63, 3.8) is 0 Å². The predicted octanol–water partition coefficient (Wildman–Crippen LogP) is 2.18. The molecule has 7 heteroatoms. The highest BCUT2D eigenvalue weighted by Crippen LogP contribution is 2.37. The summed E-state index contributed by atoms with van der Waals surface area (Å²) < 4.78 is 43.4. The average molecular weight is 269 g/mol. The smallest absolute Gasteiger partial charge is 0.437 e. The number of carbonyl (C=O) groups is 2. The van der Waals surface area contributed by atoms with Crippen LogP contribution in [-0.4, -0.2) is 29.2 Å². The van der Waals surface area contributed by atoms with Gasteiger partial charge in [0.2, 0.25) is 0 Å². The molecule has 1 atom stereocenters. The largest absolute Gasteiger partial charge is 0.439 e. The fourth-order valence-corrected chi connectivity index (χ4v) is 1.35. The first kappa shape index (κ1) is 16.7. The van der Waals surface area contributed by atoms with Gasteiger partial charge < -0.3 is 10.1 Å². The van der Waals surface area contributed by atoms with E-state index < -0.39 is 35.6 Å². The Hall–Kier alpha value is -1.27. The summed E-state index contributed by atoms with van der Waals surface area (Å²) >= 11 is 0. The van der Waals surface area contributed by atoms with Gasteiger partial charge in [0.1, 0.15) is 0 Å². The van der Waals surface area contributed by atoms with Crippen LogP contribution in [0.1, 0.15) is 41.0 Å². The Bertz CT molecular complexity index is 333. The summed E-state index contributed by atoms with van der Waals surface area (Å²) in [6, 6.07) is 0. The predicted molar refractivity (Wildman–Crippen MR) is 58.7 cm³/mol. The minimum atomic E-state index is -4.97. The quantitative estimate of drug-likeness (QED) is 0.799. The van der Waals surface area contributed by atoms with Gasteiger partial charge in [0.05, 0.1) is 0 Å². The Balaban J connectivity index is 5.45. The van der Waals surface area contributed by atoms with Crippen molar-refractivity contribution < 1.29 is 27.5 Å². The number of carbonyl (C=O) groups excluding carboxylic acids is 2. The maximum absolute atomic E-state index is 13.0. The third-order valence-corrected chi connectivity index (χ3v) is 2.13. The van der Waals surface area contributed by atoms with E-state index in [1.807, 2.05) is 0 Å². The van der Waals surface area contributed by atoms with Crippen molar-refractivity contribution in [2.24, 2.45) is 0 Å². The van der Waals surface area contributed by atoms with Gasteiger partial charge in [-0.05, 0) is 20.8 Å². The van der Waals surface area contributed by atoms with Gasteiger partial charge >= 0.3 is 12.1 Å². The van der Waals surface area contributed by atoms with Crippen molar-refractivity contribution in [3.05, 3.63) is 0 Å². The molecule has 0 radical (unpaired) electrons. The van der Waals surface area contributed by atoms with Gasteiger partial charge in [-0.15, -0.1) is 0 Å². The van der Waals surface area contributed by atoms with E-state index in [2.05, 4.69) is 10.1 Å². The van der Waals surface area contributed by atoms with Crippen molar-refractivity contribution in [2.45, 2.75) is 58.4 Å². The zero-order valence-electron chi connectivity index (χ0n) is 11.1. The molecule has 0 bridgehead atoms. The van der Waals surface area contributed by atoms with Crippen LogP contribution in [0, 0.1) is 0 Å². The number of esters is 1. The minimum absolute atomic E-state index is 0.683. The molecular formula is C11H18F3NO3. The van der Waals surface area contributed by atoms with Crippen LogP contribution in [0.25, 0.3) is 0 Å². The second-order valence-electron chi connectivity index (χ2n) is 4.98. The lowest BCUT2D eigenvalue weighted by atomic mass is 9.96. The number of alkyl halides is 3. The Morgan fingerprint density at radius 1 is 1.17 bits per heavy atom. The Morgan fingerprint density at radius 2 is 1.61 bits per heavy atom. The molecular weight excluding hydrogens is 251 g/mol. The van der Waals surface area contributed by atoms with E-state index in [9.17, 15) is 22.8 Å². The minimum Gasteiger partial charge on any atom is -0.439 e. The maximum atomic E-state index is 13.0. The summed E-state index contributed by atoms with van der Waals surface area (Å²) in [6.07, 6.45) is -5.65.